The zero-order chi connectivity index (χ0) is 22.8. The second-order valence-electron chi connectivity index (χ2n) is 8.31. The van der Waals surface area contributed by atoms with Gasteiger partial charge in [-0.25, -0.2) is 14.5 Å². The van der Waals surface area contributed by atoms with E-state index in [0.717, 1.165) is 37.2 Å². The van der Waals surface area contributed by atoms with Gasteiger partial charge in [0, 0.05) is 38.3 Å². The molecular weight excluding hydrogens is 422 g/mol. The van der Waals surface area contributed by atoms with Crippen molar-refractivity contribution in [2.75, 3.05) is 32.7 Å². The number of benzene rings is 1. The predicted molar refractivity (Wildman–Crippen MR) is 118 cm³/mol. The summed E-state index contributed by atoms with van der Waals surface area (Å²) in [5.41, 5.74) is 4.76. The summed E-state index contributed by atoms with van der Waals surface area (Å²) in [6, 6.07) is 3.92. The van der Waals surface area contributed by atoms with Crippen LogP contribution in [0.1, 0.15) is 32.7 Å². The Labute approximate surface area is 191 Å². The number of hydrogen-bond donors (Lipinski definition) is 0. The Bertz CT molecular complexity index is 1150. The zero-order valence-electron chi connectivity index (χ0n) is 18.5. The first kappa shape index (κ1) is 21.2. The first-order chi connectivity index (χ1) is 16.1. The van der Waals surface area contributed by atoms with Crippen molar-refractivity contribution < 1.29 is 14.3 Å². The minimum absolute atomic E-state index is 0.0663. The van der Waals surface area contributed by atoms with Crippen LogP contribution in [0.15, 0.2) is 36.9 Å². The molecule has 0 N–H and O–H groups in total. The number of ether oxygens (including phenoxy) is 1. The van der Waals surface area contributed by atoms with Gasteiger partial charge in [0.1, 0.15) is 6.61 Å². The van der Waals surface area contributed by atoms with Gasteiger partial charge in [-0.1, -0.05) is 11.3 Å². The molecule has 1 amide bonds. The lowest BCUT2D eigenvalue weighted by atomic mass is 9.96. The van der Waals surface area contributed by atoms with Gasteiger partial charge in [0.25, 0.3) is 0 Å². The molecule has 10 nitrogen and oxygen atoms in total. The lowest BCUT2D eigenvalue weighted by Gasteiger charge is -2.34. The third kappa shape index (κ3) is 4.47. The van der Waals surface area contributed by atoms with Crippen molar-refractivity contribution >= 4 is 11.9 Å². The van der Waals surface area contributed by atoms with Crippen molar-refractivity contribution in [1.29, 1.82) is 0 Å². The molecular formula is C23H25N7O3. The fourth-order valence-electron chi connectivity index (χ4n) is 4.32. The summed E-state index contributed by atoms with van der Waals surface area (Å²) in [4.78, 5) is 37.4. The number of aromatic nitrogens is 5. The molecule has 0 unspecified atom stereocenters. The van der Waals surface area contributed by atoms with Gasteiger partial charge in [0.15, 0.2) is 5.82 Å². The Morgan fingerprint density at radius 1 is 1.12 bits per heavy atom. The Kier molecular flexibility index (Phi) is 5.82. The standard InChI is InChI=1S/C23H25N7O3/c1-16-17(2-3-19-20(16)15-33-23(19)32)4-6-28-8-10-29(11-9-28)22(31)12-18-13-25-21(14-24-18)30-7-5-26-27-30/h2-3,5,7,13-14H,4,6,8-12,15H2,1H3. The van der Waals surface area contributed by atoms with Gasteiger partial charge in [-0.3, -0.25) is 14.7 Å². The van der Waals surface area contributed by atoms with Crippen LogP contribution >= 0.6 is 0 Å². The van der Waals surface area contributed by atoms with E-state index >= 15 is 0 Å². The summed E-state index contributed by atoms with van der Waals surface area (Å²) in [5, 5.41) is 7.63. The maximum absolute atomic E-state index is 12.7. The molecule has 2 aliphatic rings. The molecule has 0 aliphatic carbocycles. The van der Waals surface area contributed by atoms with Crippen LogP contribution < -0.4 is 0 Å². The molecule has 5 rings (SSSR count). The predicted octanol–water partition coefficient (Wildman–Crippen LogP) is 0.966. The lowest BCUT2D eigenvalue weighted by Crippen LogP contribution is -2.49. The molecule has 1 saturated heterocycles. The van der Waals surface area contributed by atoms with E-state index in [1.54, 1.807) is 24.8 Å². The van der Waals surface area contributed by atoms with Gasteiger partial charge in [0.2, 0.25) is 5.91 Å². The topological polar surface area (TPSA) is 106 Å². The summed E-state index contributed by atoms with van der Waals surface area (Å²) in [6.45, 7) is 6.45. The van der Waals surface area contributed by atoms with E-state index in [0.29, 0.717) is 36.8 Å². The number of esters is 1. The molecule has 2 aromatic heterocycles. The largest absolute Gasteiger partial charge is 0.457 e. The second-order valence-corrected chi connectivity index (χ2v) is 8.31. The molecule has 1 fully saturated rings. The molecule has 170 valence electrons. The number of hydrogen-bond acceptors (Lipinski definition) is 8. The Hall–Kier alpha value is -3.66. The highest BCUT2D eigenvalue weighted by Gasteiger charge is 2.25. The van der Waals surface area contributed by atoms with Gasteiger partial charge in [-0.15, -0.1) is 5.10 Å². The van der Waals surface area contributed by atoms with E-state index in [1.807, 2.05) is 17.0 Å². The fourth-order valence-corrected chi connectivity index (χ4v) is 4.32. The van der Waals surface area contributed by atoms with Gasteiger partial charge in [0.05, 0.1) is 42.5 Å². The first-order valence-corrected chi connectivity index (χ1v) is 11.0. The molecule has 4 heterocycles. The highest BCUT2D eigenvalue weighted by Crippen LogP contribution is 2.26. The number of carbonyl (C=O) groups is 2. The van der Waals surface area contributed by atoms with Crippen LogP contribution in [0.25, 0.3) is 5.82 Å². The van der Waals surface area contributed by atoms with Crippen LogP contribution in [0, 0.1) is 6.92 Å². The number of carbonyl (C=O) groups excluding carboxylic acids is 2. The Morgan fingerprint density at radius 2 is 1.97 bits per heavy atom. The maximum atomic E-state index is 12.7. The number of rotatable bonds is 6. The molecule has 0 atom stereocenters. The number of cyclic esters (lactones) is 1. The van der Waals surface area contributed by atoms with Crippen molar-refractivity contribution in [3.05, 3.63) is 64.9 Å². The van der Waals surface area contributed by atoms with Gasteiger partial charge in [-0.2, -0.15) is 0 Å². The normalized spacial score (nSPS) is 16.0. The van der Waals surface area contributed by atoms with Crippen LogP contribution in [0.3, 0.4) is 0 Å². The third-order valence-corrected chi connectivity index (χ3v) is 6.38. The number of fused-ring (bicyclic) bond motifs is 1. The monoisotopic (exact) mass is 447 g/mol. The van der Waals surface area contributed by atoms with E-state index in [-0.39, 0.29) is 18.3 Å². The summed E-state index contributed by atoms with van der Waals surface area (Å²) >= 11 is 0. The molecule has 0 bridgehead atoms. The van der Waals surface area contributed by atoms with Crippen molar-refractivity contribution in [3.63, 3.8) is 0 Å². The van der Waals surface area contributed by atoms with Gasteiger partial charge < -0.3 is 9.64 Å². The SMILES string of the molecule is Cc1c(CCN2CCN(C(=O)Cc3cnc(-n4ccnn4)cn3)CC2)ccc2c1COC2=O. The van der Waals surface area contributed by atoms with Gasteiger partial charge >= 0.3 is 5.97 Å². The number of amides is 1. The molecule has 2 aliphatic heterocycles. The fraction of sp³-hybridized carbons (Fsp3) is 0.391. The lowest BCUT2D eigenvalue weighted by molar-refractivity contribution is -0.132. The first-order valence-electron chi connectivity index (χ1n) is 11.0. The Morgan fingerprint density at radius 3 is 2.70 bits per heavy atom. The molecule has 33 heavy (non-hydrogen) atoms. The molecule has 0 saturated carbocycles. The molecule has 0 spiro atoms. The van der Waals surface area contributed by atoms with Crippen LogP contribution in [-0.4, -0.2) is 79.4 Å². The van der Waals surface area contributed by atoms with Crippen molar-refractivity contribution in [1.82, 2.24) is 34.8 Å². The zero-order valence-corrected chi connectivity index (χ0v) is 18.5. The highest BCUT2D eigenvalue weighted by atomic mass is 16.5. The van der Waals surface area contributed by atoms with Crippen LogP contribution in [0.2, 0.25) is 0 Å². The van der Waals surface area contributed by atoms with E-state index < -0.39 is 0 Å². The van der Waals surface area contributed by atoms with Crippen molar-refractivity contribution in [2.45, 2.75) is 26.4 Å². The average molecular weight is 447 g/mol. The van der Waals surface area contributed by atoms with Crippen molar-refractivity contribution in [2.24, 2.45) is 0 Å². The van der Waals surface area contributed by atoms with E-state index in [2.05, 4.69) is 32.1 Å². The number of nitrogens with zero attached hydrogens (tertiary/aromatic N) is 7. The van der Waals surface area contributed by atoms with Crippen molar-refractivity contribution in [3.8, 4) is 5.82 Å². The summed E-state index contributed by atoms with van der Waals surface area (Å²) in [7, 11) is 0. The minimum atomic E-state index is -0.224. The molecule has 0 radical (unpaired) electrons. The third-order valence-electron chi connectivity index (χ3n) is 6.38. The molecule has 10 heteroatoms. The number of piperazine rings is 1. The quantitative estimate of drug-likeness (QED) is 0.515. The van der Waals surface area contributed by atoms with E-state index in [4.69, 9.17) is 4.74 Å². The average Bonchev–Trinajstić information content (AvgIpc) is 3.50. The maximum Gasteiger partial charge on any atom is 0.338 e. The van der Waals surface area contributed by atoms with Gasteiger partial charge in [-0.05, 0) is 30.5 Å². The van der Waals surface area contributed by atoms with E-state index in [9.17, 15) is 9.59 Å². The summed E-state index contributed by atoms with van der Waals surface area (Å²) < 4.78 is 6.67. The summed E-state index contributed by atoms with van der Waals surface area (Å²) in [5.74, 6) is 0.407. The summed E-state index contributed by atoms with van der Waals surface area (Å²) in [6.07, 6.45) is 7.62. The van der Waals surface area contributed by atoms with Crippen LogP contribution in [0.5, 0.6) is 0 Å². The highest BCUT2D eigenvalue weighted by molar-refractivity contribution is 5.93. The Balaban J connectivity index is 1.10. The van der Waals surface area contributed by atoms with Crippen LogP contribution in [0.4, 0.5) is 0 Å². The second kappa shape index (κ2) is 9.07. The minimum Gasteiger partial charge on any atom is -0.457 e. The molecule has 1 aromatic carbocycles. The van der Waals surface area contributed by atoms with Crippen LogP contribution in [-0.2, 0) is 29.0 Å². The smallest absolute Gasteiger partial charge is 0.338 e. The molecule has 3 aromatic rings. The van der Waals surface area contributed by atoms with E-state index in [1.165, 1.54) is 10.2 Å².